The van der Waals surface area contributed by atoms with E-state index in [1.807, 2.05) is 0 Å². The van der Waals surface area contributed by atoms with Crippen molar-refractivity contribution in [2.24, 2.45) is 5.73 Å². The molecule has 0 aliphatic carbocycles. The zero-order chi connectivity index (χ0) is 12.5. The molecule has 1 atom stereocenters. The van der Waals surface area contributed by atoms with Crippen LogP contribution >= 0.6 is 12.4 Å². The predicted octanol–water partition coefficient (Wildman–Crippen LogP) is 0.853. The van der Waals surface area contributed by atoms with E-state index >= 15 is 0 Å². The molecule has 5 nitrogen and oxygen atoms in total. The lowest BCUT2D eigenvalue weighted by atomic mass is 9.99. The molecule has 0 bridgehead atoms. The van der Waals surface area contributed by atoms with Crippen molar-refractivity contribution in [3.8, 4) is 17.2 Å². The van der Waals surface area contributed by atoms with E-state index in [1.165, 1.54) is 0 Å². The number of hydrogen-bond donors (Lipinski definition) is 5. The number of aromatic hydroxyl groups is 3. The molecule has 1 aromatic rings. The lowest BCUT2D eigenvalue weighted by molar-refractivity contribution is -0.0720. The Balaban J connectivity index is 0.00000256. The number of phenols is 3. The highest BCUT2D eigenvalue weighted by atomic mass is 35.5. The highest BCUT2D eigenvalue weighted by molar-refractivity contribution is 5.85. The first-order valence-corrected chi connectivity index (χ1v) is 4.28. The largest absolute Gasteiger partial charge is 0.508 e. The molecule has 17 heavy (non-hydrogen) atoms. The molecule has 0 fully saturated rings. The van der Waals surface area contributed by atoms with Gasteiger partial charge in [0.15, 0.2) is 0 Å². The Labute approximate surface area is 102 Å². The van der Waals surface area contributed by atoms with Gasteiger partial charge in [-0.05, 0) is 0 Å². The van der Waals surface area contributed by atoms with Crippen LogP contribution in [0.25, 0.3) is 0 Å². The third-order valence-corrected chi connectivity index (χ3v) is 2.10. The Bertz CT molecular complexity index is 380. The Morgan fingerprint density at radius 3 is 1.94 bits per heavy atom. The zero-order valence-electron chi connectivity index (χ0n) is 8.47. The number of phenolic OH excluding ortho intramolecular Hbond substituents is 3. The normalized spacial score (nSPS) is 12.9. The third kappa shape index (κ3) is 3.09. The maximum Gasteiger partial charge on any atom is 0.289 e. The number of aliphatic hydroxyl groups excluding tert-OH is 1. The van der Waals surface area contributed by atoms with E-state index < -0.39 is 41.4 Å². The van der Waals surface area contributed by atoms with Crippen LogP contribution in [0.3, 0.4) is 0 Å². The van der Waals surface area contributed by atoms with Crippen molar-refractivity contribution in [2.45, 2.75) is 12.0 Å². The van der Waals surface area contributed by atoms with Crippen molar-refractivity contribution >= 4 is 12.4 Å². The standard InChI is InChI=1S/C9H11F2NO4.ClH/c10-9(11,3-13)8(12)7-5(15)1-4(14)2-6(7)16;/h1-2,8,13-16H,3,12H2;1H/t8-;/m0./s1. The molecule has 1 rings (SSSR count). The first kappa shape index (κ1) is 15.7. The minimum Gasteiger partial charge on any atom is -0.508 e. The SMILES string of the molecule is Cl.N[C@@H](c1c(O)cc(O)cc1O)C(F)(F)CO. The smallest absolute Gasteiger partial charge is 0.289 e. The number of aliphatic hydroxyl groups is 1. The molecule has 0 heterocycles. The third-order valence-electron chi connectivity index (χ3n) is 2.10. The molecule has 0 aromatic heterocycles. The first-order valence-electron chi connectivity index (χ1n) is 4.28. The predicted molar refractivity (Wildman–Crippen MR) is 57.6 cm³/mol. The fourth-order valence-electron chi connectivity index (χ4n) is 1.24. The van der Waals surface area contributed by atoms with Gasteiger partial charge in [0, 0.05) is 12.1 Å². The van der Waals surface area contributed by atoms with E-state index in [2.05, 4.69) is 0 Å². The Morgan fingerprint density at radius 1 is 1.18 bits per heavy atom. The Kier molecular flexibility index (Phi) is 4.94. The van der Waals surface area contributed by atoms with Crippen molar-refractivity contribution in [1.29, 1.82) is 0 Å². The highest BCUT2D eigenvalue weighted by Crippen LogP contribution is 2.41. The number of hydrogen-bond acceptors (Lipinski definition) is 5. The molecule has 98 valence electrons. The quantitative estimate of drug-likeness (QED) is 0.560. The number of benzene rings is 1. The second-order valence-electron chi connectivity index (χ2n) is 3.29. The fourth-order valence-corrected chi connectivity index (χ4v) is 1.24. The fraction of sp³-hybridized carbons (Fsp3) is 0.333. The summed E-state index contributed by atoms with van der Waals surface area (Å²) < 4.78 is 26.1. The van der Waals surface area contributed by atoms with Gasteiger partial charge in [-0.3, -0.25) is 0 Å². The topological polar surface area (TPSA) is 107 Å². The van der Waals surface area contributed by atoms with Crippen LogP contribution in [0.15, 0.2) is 12.1 Å². The lowest BCUT2D eigenvalue weighted by Gasteiger charge is -2.23. The van der Waals surface area contributed by atoms with Crippen LogP contribution in [-0.4, -0.2) is 33.0 Å². The van der Waals surface area contributed by atoms with Crippen molar-refractivity contribution < 1.29 is 29.2 Å². The number of alkyl halides is 2. The zero-order valence-corrected chi connectivity index (χ0v) is 9.29. The summed E-state index contributed by atoms with van der Waals surface area (Å²) in [5.74, 6) is -5.71. The van der Waals surface area contributed by atoms with Gasteiger partial charge in [0.05, 0.1) is 5.56 Å². The summed E-state index contributed by atoms with van der Waals surface area (Å²) in [7, 11) is 0. The van der Waals surface area contributed by atoms with E-state index in [0.29, 0.717) is 0 Å². The van der Waals surface area contributed by atoms with Crippen molar-refractivity contribution in [3.63, 3.8) is 0 Å². The molecule has 0 aliphatic heterocycles. The van der Waals surface area contributed by atoms with Crippen LogP contribution in [0.1, 0.15) is 11.6 Å². The second kappa shape index (κ2) is 5.35. The van der Waals surface area contributed by atoms with Crippen LogP contribution in [0.5, 0.6) is 17.2 Å². The second-order valence-corrected chi connectivity index (χ2v) is 3.29. The minimum atomic E-state index is -3.69. The van der Waals surface area contributed by atoms with Crippen LogP contribution in [0, 0.1) is 0 Å². The van der Waals surface area contributed by atoms with Gasteiger partial charge in [-0.25, -0.2) is 8.78 Å². The average molecular weight is 272 g/mol. The molecule has 0 unspecified atom stereocenters. The summed E-state index contributed by atoms with van der Waals surface area (Å²) >= 11 is 0. The van der Waals surface area contributed by atoms with E-state index in [-0.39, 0.29) is 12.4 Å². The highest BCUT2D eigenvalue weighted by Gasteiger charge is 2.40. The molecule has 0 amide bonds. The maximum atomic E-state index is 13.0. The molecule has 0 saturated carbocycles. The summed E-state index contributed by atoms with van der Waals surface area (Å²) in [6.07, 6.45) is 0. The van der Waals surface area contributed by atoms with Gasteiger partial charge in [0.2, 0.25) is 0 Å². The van der Waals surface area contributed by atoms with Crippen molar-refractivity contribution in [3.05, 3.63) is 17.7 Å². The van der Waals surface area contributed by atoms with E-state index in [4.69, 9.17) is 15.9 Å². The maximum absolute atomic E-state index is 13.0. The summed E-state index contributed by atoms with van der Waals surface area (Å²) in [6.45, 7) is -1.52. The van der Waals surface area contributed by atoms with E-state index in [0.717, 1.165) is 12.1 Å². The summed E-state index contributed by atoms with van der Waals surface area (Å²) in [5.41, 5.74) is 4.50. The summed E-state index contributed by atoms with van der Waals surface area (Å²) in [5, 5.41) is 36.0. The van der Waals surface area contributed by atoms with Gasteiger partial charge in [-0.1, -0.05) is 0 Å². The van der Waals surface area contributed by atoms with Crippen LogP contribution in [-0.2, 0) is 0 Å². The van der Waals surface area contributed by atoms with Gasteiger partial charge in [0.25, 0.3) is 5.92 Å². The molecule has 0 spiro atoms. The molecule has 6 N–H and O–H groups in total. The average Bonchev–Trinajstić information content (AvgIpc) is 2.15. The Morgan fingerprint density at radius 2 is 1.59 bits per heavy atom. The van der Waals surface area contributed by atoms with E-state index in [9.17, 15) is 19.0 Å². The van der Waals surface area contributed by atoms with E-state index in [1.54, 1.807) is 0 Å². The summed E-state index contributed by atoms with van der Waals surface area (Å²) in [4.78, 5) is 0. The first-order chi connectivity index (χ1) is 7.29. The number of halogens is 3. The molecule has 0 saturated heterocycles. The molecule has 0 aliphatic rings. The van der Waals surface area contributed by atoms with Crippen LogP contribution in [0.4, 0.5) is 8.78 Å². The molecule has 8 heteroatoms. The number of nitrogens with two attached hydrogens (primary N) is 1. The molecule has 0 radical (unpaired) electrons. The lowest BCUT2D eigenvalue weighted by Crippen LogP contribution is -2.36. The molecule has 1 aromatic carbocycles. The molecular weight excluding hydrogens is 260 g/mol. The van der Waals surface area contributed by atoms with Gasteiger partial charge >= 0.3 is 0 Å². The van der Waals surface area contributed by atoms with Crippen molar-refractivity contribution in [1.82, 2.24) is 0 Å². The van der Waals surface area contributed by atoms with Gasteiger partial charge in [-0.15, -0.1) is 12.4 Å². The van der Waals surface area contributed by atoms with Crippen molar-refractivity contribution in [2.75, 3.05) is 6.61 Å². The van der Waals surface area contributed by atoms with Crippen LogP contribution < -0.4 is 5.73 Å². The van der Waals surface area contributed by atoms with Gasteiger partial charge < -0.3 is 26.2 Å². The van der Waals surface area contributed by atoms with Gasteiger partial charge in [-0.2, -0.15) is 0 Å². The van der Waals surface area contributed by atoms with Gasteiger partial charge in [0.1, 0.15) is 29.9 Å². The Hall–Kier alpha value is -1.31. The molecular formula is C9H12ClF2NO4. The van der Waals surface area contributed by atoms with Crippen LogP contribution in [0.2, 0.25) is 0 Å². The summed E-state index contributed by atoms with van der Waals surface area (Å²) in [6, 6.07) is -0.539. The monoisotopic (exact) mass is 271 g/mol. The number of rotatable bonds is 3. The minimum absolute atomic E-state index is 0.